The monoisotopic (exact) mass is 373 g/mol. The van der Waals surface area contributed by atoms with Gasteiger partial charge in [0.15, 0.2) is 0 Å². The number of nitrogens with zero attached hydrogens (tertiary/aromatic N) is 2. The van der Waals surface area contributed by atoms with Crippen LogP contribution in [-0.2, 0) is 6.42 Å². The molecule has 3 rings (SSSR count). The van der Waals surface area contributed by atoms with Crippen LogP contribution in [0.3, 0.4) is 0 Å². The largest absolute Gasteiger partial charge is 0.332 e. The van der Waals surface area contributed by atoms with Gasteiger partial charge >= 0.3 is 0 Å². The second-order valence-electron chi connectivity index (χ2n) is 5.34. The van der Waals surface area contributed by atoms with Gasteiger partial charge in [0.25, 0.3) is 5.91 Å². The van der Waals surface area contributed by atoms with Gasteiger partial charge < -0.3 is 10.2 Å². The van der Waals surface area contributed by atoms with E-state index in [1.165, 1.54) is 5.56 Å². The quantitative estimate of drug-likeness (QED) is 0.899. The Morgan fingerprint density at radius 1 is 1.35 bits per heavy atom. The van der Waals surface area contributed by atoms with Crippen molar-refractivity contribution in [3.63, 3.8) is 0 Å². The number of amides is 1. The minimum Gasteiger partial charge on any atom is -0.332 e. The summed E-state index contributed by atoms with van der Waals surface area (Å²) in [5.74, 6) is 0.0551. The highest BCUT2D eigenvalue weighted by Crippen LogP contribution is 2.17. The summed E-state index contributed by atoms with van der Waals surface area (Å²) in [6.45, 7) is 4.54. The maximum Gasteiger partial charge on any atom is 0.273 e. The first-order valence-electron chi connectivity index (χ1n) is 7.24. The van der Waals surface area contributed by atoms with Crippen LogP contribution in [0.5, 0.6) is 0 Å². The first-order valence-corrected chi connectivity index (χ1v) is 8.12. The Morgan fingerprint density at radius 2 is 2.09 bits per heavy atom. The molecule has 0 radical (unpaired) electrons. The van der Waals surface area contributed by atoms with Crippen molar-refractivity contribution in [2.24, 2.45) is 0 Å². The zero-order valence-corrected chi connectivity index (χ0v) is 15.3. The molecule has 1 amide bonds. The third-order valence-corrected chi connectivity index (χ3v) is 4.58. The fraction of sp³-hybridized carbons (Fsp3) is 0.375. The first kappa shape index (κ1) is 19.9. The molecular formula is C16H21Cl2N3OS. The van der Waals surface area contributed by atoms with E-state index in [1.807, 2.05) is 28.5 Å². The molecule has 7 heteroatoms. The molecular weight excluding hydrogens is 353 g/mol. The van der Waals surface area contributed by atoms with Crippen molar-refractivity contribution >= 4 is 42.1 Å². The van der Waals surface area contributed by atoms with Crippen LogP contribution < -0.4 is 5.32 Å². The van der Waals surface area contributed by atoms with Crippen molar-refractivity contribution in [2.45, 2.75) is 19.4 Å². The Labute approximate surface area is 153 Å². The summed E-state index contributed by atoms with van der Waals surface area (Å²) in [5, 5.41) is 6.17. The van der Waals surface area contributed by atoms with Gasteiger partial charge in [-0.2, -0.15) is 0 Å². The van der Waals surface area contributed by atoms with Crippen molar-refractivity contribution in [3.05, 3.63) is 52.0 Å². The van der Waals surface area contributed by atoms with Crippen LogP contribution in [0.2, 0.25) is 0 Å². The summed E-state index contributed by atoms with van der Waals surface area (Å²) in [4.78, 5) is 19.0. The third kappa shape index (κ3) is 4.91. The minimum absolute atomic E-state index is 0. The van der Waals surface area contributed by atoms with Gasteiger partial charge in [-0.25, -0.2) is 4.98 Å². The molecule has 1 N–H and O–H groups in total. The number of carbonyl (C=O) groups is 1. The summed E-state index contributed by atoms with van der Waals surface area (Å²) in [7, 11) is 0. The van der Waals surface area contributed by atoms with Crippen molar-refractivity contribution < 1.29 is 4.79 Å². The molecule has 2 heterocycles. The molecule has 1 aromatic heterocycles. The number of aromatic nitrogens is 1. The zero-order valence-electron chi connectivity index (χ0n) is 12.9. The highest BCUT2D eigenvalue weighted by atomic mass is 35.5. The van der Waals surface area contributed by atoms with Crippen molar-refractivity contribution in [3.8, 4) is 0 Å². The lowest BCUT2D eigenvalue weighted by Gasteiger charge is -2.33. The maximum atomic E-state index is 12.5. The van der Waals surface area contributed by atoms with E-state index in [0.717, 1.165) is 31.1 Å². The second-order valence-corrected chi connectivity index (χ2v) is 6.28. The number of piperazine rings is 1. The zero-order chi connectivity index (χ0) is 14.7. The lowest BCUT2D eigenvalue weighted by Crippen LogP contribution is -2.52. The van der Waals surface area contributed by atoms with E-state index in [4.69, 9.17) is 0 Å². The second kappa shape index (κ2) is 9.23. The fourth-order valence-electron chi connectivity index (χ4n) is 2.55. The predicted molar refractivity (Wildman–Crippen MR) is 99.2 cm³/mol. The molecule has 126 valence electrons. The number of halogens is 2. The lowest BCUT2D eigenvalue weighted by molar-refractivity contribution is 0.0650. The molecule has 0 unspecified atom stereocenters. The summed E-state index contributed by atoms with van der Waals surface area (Å²) < 4.78 is 0. The van der Waals surface area contributed by atoms with Crippen LogP contribution in [0, 0.1) is 0 Å². The average molecular weight is 374 g/mol. The average Bonchev–Trinajstić information content (AvgIpc) is 2.97. The van der Waals surface area contributed by atoms with E-state index in [-0.39, 0.29) is 36.8 Å². The topological polar surface area (TPSA) is 45.2 Å². The van der Waals surface area contributed by atoms with E-state index in [9.17, 15) is 4.79 Å². The Morgan fingerprint density at radius 3 is 2.78 bits per heavy atom. The van der Waals surface area contributed by atoms with Gasteiger partial charge in [0, 0.05) is 37.5 Å². The fourth-order valence-corrected chi connectivity index (χ4v) is 3.35. The van der Waals surface area contributed by atoms with Gasteiger partial charge in [-0.3, -0.25) is 4.79 Å². The van der Waals surface area contributed by atoms with Crippen LogP contribution in [0.4, 0.5) is 0 Å². The number of nitrogens with one attached hydrogen (secondary N) is 1. The Hall–Kier alpha value is -1.14. The van der Waals surface area contributed by atoms with Crippen LogP contribution in [0.1, 0.15) is 28.0 Å². The molecule has 23 heavy (non-hydrogen) atoms. The molecule has 1 saturated heterocycles. The molecule has 1 aliphatic heterocycles. The van der Waals surface area contributed by atoms with Crippen LogP contribution in [-0.4, -0.2) is 41.5 Å². The molecule has 1 atom stereocenters. The SMILES string of the molecule is C[C@H]1CNCCN1C(=O)c1csc(Cc2ccccc2)n1.Cl.Cl. The van der Waals surface area contributed by atoms with Crippen molar-refractivity contribution in [2.75, 3.05) is 19.6 Å². The van der Waals surface area contributed by atoms with E-state index in [1.54, 1.807) is 11.3 Å². The lowest BCUT2D eigenvalue weighted by atomic mass is 10.2. The molecule has 1 aromatic carbocycles. The third-order valence-electron chi connectivity index (χ3n) is 3.73. The smallest absolute Gasteiger partial charge is 0.273 e. The number of benzene rings is 1. The van der Waals surface area contributed by atoms with Gasteiger partial charge in [0.1, 0.15) is 5.69 Å². The van der Waals surface area contributed by atoms with Gasteiger partial charge in [-0.05, 0) is 12.5 Å². The van der Waals surface area contributed by atoms with Crippen molar-refractivity contribution in [1.82, 2.24) is 15.2 Å². The number of thiazole rings is 1. The molecule has 0 saturated carbocycles. The molecule has 0 bridgehead atoms. The number of hydrogen-bond acceptors (Lipinski definition) is 4. The van der Waals surface area contributed by atoms with Gasteiger partial charge in [0.05, 0.1) is 5.01 Å². The standard InChI is InChI=1S/C16H19N3OS.2ClH/c1-12-10-17-7-8-19(12)16(20)14-11-21-15(18-14)9-13-5-3-2-4-6-13;;/h2-6,11-12,17H,7-10H2,1H3;2*1H/t12-;;/m0../s1. The van der Waals surface area contributed by atoms with E-state index in [0.29, 0.717) is 5.69 Å². The molecule has 0 spiro atoms. The molecule has 0 aliphatic carbocycles. The molecule has 1 fully saturated rings. The highest BCUT2D eigenvalue weighted by Gasteiger charge is 2.25. The predicted octanol–water partition coefficient (Wildman–Crippen LogP) is 3.01. The van der Waals surface area contributed by atoms with Crippen molar-refractivity contribution in [1.29, 1.82) is 0 Å². The van der Waals surface area contributed by atoms with Crippen LogP contribution in [0.25, 0.3) is 0 Å². The Balaban J connectivity index is 0.00000132. The molecule has 2 aromatic rings. The minimum atomic E-state index is 0. The van der Waals surface area contributed by atoms with Gasteiger partial charge in [-0.1, -0.05) is 30.3 Å². The Kier molecular flexibility index (Phi) is 7.99. The highest BCUT2D eigenvalue weighted by molar-refractivity contribution is 7.09. The van der Waals surface area contributed by atoms with E-state index < -0.39 is 0 Å². The summed E-state index contributed by atoms with van der Waals surface area (Å²) in [6, 6.07) is 10.5. The van der Waals surface area contributed by atoms with Crippen LogP contribution in [0.15, 0.2) is 35.7 Å². The molecule has 4 nitrogen and oxygen atoms in total. The normalized spacial score (nSPS) is 17.1. The van der Waals surface area contributed by atoms with E-state index in [2.05, 4.69) is 29.4 Å². The number of carbonyl (C=O) groups excluding carboxylic acids is 1. The van der Waals surface area contributed by atoms with Gasteiger partial charge in [-0.15, -0.1) is 36.2 Å². The van der Waals surface area contributed by atoms with Crippen LogP contribution >= 0.6 is 36.2 Å². The first-order chi connectivity index (χ1) is 10.2. The Bertz CT molecular complexity index is 621. The number of rotatable bonds is 3. The maximum absolute atomic E-state index is 12.5. The summed E-state index contributed by atoms with van der Waals surface area (Å²) in [5.41, 5.74) is 1.81. The summed E-state index contributed by atoms with van der Waals surface area (Å²) in [6.07, 6.45) is 0.788. The van der Waals surface area contributed by atoms with Gasteiger partial charge in [0.2, 0.25) is 0 Å². The number of hydrogen-bond donors (Lipinski definition) is 1. The molecule has 1 aliphatic rings. The van der Waals surface area contributed by atoms with E-state index >= 15 is 0 Å². The summed E-state index contributed by atoms with van der Waals surface area (Å²) >= 11 is 1.56.